The molecule has 0 aliphatic rings. The summed E-state index contributed by atoms with van der Waals surface area (Å²) in [5.41, 5.74) is -0.205. The Kier molecular flexibility index (Phi) is 5.03. The van der Waals surface area contributed by atoms with E-state index in [1.54, 1.807) is 10.6 Å². The topological polar surface area (TPSA) is 88.0 Å². The van der Waals surface area contributed by atoms with E-state index in [-0.39, 0.29) is 11.7 Å². The van der Waals surface area contributed by atoms with Gasteiger partial charge in [0.25, 0.3) is 0 Å². The maximum absolute atomic E-state index is 11.6. The van der Waals surface area contributed by atoms with Gasteiger partial charge in [0.15, 0.2) is 5.16 Å². The van der Waals surface area contributed by atoms with Crippen LogP contribution in [0.3, 0.4) is 0 Å². The minimum Gasteiger partial charge on any atom is -0.478 e. The summed E-state index contributed by atoms with van der Waals surface area (Å²) in [5.74, 6) is -0.278. The van der Waals surface area contributed by atoms with Gasteiger partial charge in [-0.1, -0.05) is 11.8 Å². The van der Waals surface area contributed by atoms with Gasteiger partial charge in [-0.15, -0.1) is 16.4 Å². The highest BCUT2D eigenvalue weighted by Gasteiger charge is 2.12. The smallest absolute Gasteiger partial charge is 0.344 e. The second-order valence-electron chi connectivity index (χ2n) is 4.54. The first-order chi connectivity index (χ1) is 9.97. The largest absolute Gasteiger partial charge is 0.478 e. The lowest BCUT2D eigenvalue weighted by Gasteiger charge is -2.07. The van der Waals surface area contributed by atoms with Gasteiger partial charge in [-0.2, -0.15) is 0 Å². The van der Waals surface area contributed by atoms with Crippen molar-refractivity contribution >= 4 is 35.1 Å². The van der Waals surface area contributed by atoms with Crippen molar-refractivity contribution in [1.29, 1.82) is 0 Å². The van der Waals surface area contributed by atoms with Crippen molar-refractivity contribution in [3.8, 4) is 0 Å². The van der Waals surface area contributed by atoms with E-state index in [0.717, 1.165) is 15.8 Å². The standard InChI is InChI=1S/C13H15N3O3S2/c1-8(2)16-12(19)14-15-13(16)20-7-10-4-3-9(21-10)5-6-11(17)18/h3-6,8H,7H2,1-2H3,(H,14,19)(H,17,18). The summed E-state index contributed by atoms with van der Waals surface area (Å²) in [6, 6.07) is 3.88. The number of nitrogens with zero attached hydrogens (tertiary/aromatic N) is 2. The Morgan fingerprint density at radius 2 is 2.33 bits per heavy atom. The number of carboxylic acid groups (broad SMARTS) is 1. The minimum atomic E-state index is -0.961. The second-order valence-corrected chi connectivity index (χ2v) is 6.68. The summed E-state index contributed by atoms with van der Waals surface area (Å²) in [7, 11) is 0. The van der Waals surface area contributed by atoms with E-state index < -0.39 is 5.97 Å². The molecule has 0 amide bonds. The fourth-order valence-electron chi connectivity index (χ4n) is 1.70. The molecule has 0 saturated heterocycles. The Balaban J connectivity index is 2.04. The lowest BCUT2D eigenvalue weighted by molar-refractivity contribution is -0.131. The summed E-state index contributed by atoms with van der Waals surface area (Å²) in [5, 5.41) is 15.7. The van der Waals surface area contributed by atoms with Crippen molar-refractivity contribution < 1.29 is 9.90 Å². The van der Waals surface area contributed by atoms with E-state index in [9.17, 15) is 9.59 Å². The molecule has 2 rings (SSSR count). The number of thiophene rings is 1. The van der Waals surface area contributed by atoms with Crippen molar-refractivity contribution in [2.45, 2.75) is 30.8 Å². The van der Waals surface area contributed by atoms with Crippen LogP contribution in [0.5, 0.6) is 0 Å². The zero-order valence-corrected chi connectivity index (χ0v) is 13.2. The molecule has 21 heavy (non-hydrogen) atoms. The highest BCUT2D eigenvalue weighted by molar-refractivity contribution is 7.98. The van der Waals surface area contributed by atoms with Gasteiger partial charge in [0.2, 0.25) is 0 Å². The van der Waals surface area contributed by atoms with Crippen LogP contribution >= 0.6 is 23.1 Å². The molecule has 0 fully saturated rings. The van der Waals surface area contributed by atoms with Gasteiger partial charge in [0.1, 0.15) is 0 Å². The highest BCUT2D eigenvalue weighted by atomic mass is 32.2. The Morgan fingerprint density at radius 1 is 1.57 bits per heavy atom. The van der Waals surface area contributed by atoms with Crippen molar-refractivity contribution in [3.05, 3.63) is 38.4 Å². The van der Waals surface area contributed by atoms with Gasteiger partial charge in [-0.05, 0) is 32.1 Å². The SMILES string of the molecule is CC(C)n1c(SCc2ccc(C=CC(=O)O)s2)n[nH]c1=O. The first-order valence-electron chi connectivity index (χ1n) is 6.27. The number of nitrogens with one attached hydrogen (secondary N) is 1. The van der Waals surface area contributed by atoms with Crippen LogP contribution < -0.4 is 5.69 Å². The number of hydrogen-bond acceptors (Lipinski definition) is 5. The van der Waals surface area contributed by atoms with Crippen LogP contribution in [0.2, 0.25) is 0 Å². The maximum atomic E-state index is 11.6. The van der Waals surface area contributed by atoms with E-state index in [0.29, 0.717) is 10.9 Å². The molecule has 0 aliphatic carbocycles. The Morgan fingerprint density at radius 3 is 3.00 bits per heavy atom. The summed E-state index contributed by atoms with van der Waals surface area (Å²) >= 11 is 3.00. The third kappa shape index (κ3) is 4.08. The Labute approximate surface area is 129 Å². The third-order valence-electron chi connectivity index (χ3n) is 2.60. The predicted octanol–water partition coefficient (Wildman–Crippen LogP) is 2.60. The maximum Gasteiger partial charge on any atom is 0.344 e. The number of rotatable bonds is 6. The quantitative estimate of drug-likeness (QED) is 0.629. The monoisotopic (exact) mass is 325 g/mol. The number of aromatic nitrogens is 3. The Hall–Kier alpha value is -1.80. The molecule has 0 unspecified atom stereocenters. The molecule has 0 radical (unpaired) electrons. The molecule has 6 nitrogen and oxygen atoms in total. The molecule has 0 saturated carbocycles. The number of thioether (sulfide) groups is 1. The number of carboxylic acids is 1. The highest BCUT2D eigenvalue weighted by Crippen LogP contribution is 2.26. The second kappa shape index (κ2) is 6.77. The summed E-state index contributed by atoms with van der Waals surface area (Å²) < 4.78 is 1.61. The van der Waals surface area contributed by atoms with Crippen LogP contribution in [0.25, 0.3) is 6.08 Å². The molecular weight excluding hydrogens is 310 g/mol. The van der Waals surface area contributed by atoms with E-state index in [1.165, 1.54) is 23.1 Å². The molecule has 2 heterocycles. The molecule has 2 N–H and O–H groups in total. The van der Waals surface area contributed by atoms with Gasteiger partial charge in [-0.25, -0.2) is 14.7 Å². The van der Waals surface area contributed by atoms with Gasteiger partial charge >= 0.3 is 11.7 Å². The fraction of sp³-hybridized carbons (Fsp3) is 0.308. The molecule has 2 aromatic heterocycles. The lowest BCUT2D eigenvalue weighted by atomic mass is 10.4. The molecule has 112 valence electrons. The van der Waals surface area contributed by atoms with Gasteiger partial charge in [0.05, 0.1) is 0 Å². The molecule has 0 aromatic carbocycles. The van der Waals surface area contributed by atoms with E-state index >= 15 is 0 Å². The van der Waals surface area contributed by atoms with Crippen LogP contribution in [-0.4, -0.2) is 25.8 Å². The fourth-order valence-corrected chi connectivity index (χ4v) is 3.73. The molecule has 0 spiro atoms. The minimum absolute atomic E-state index is 0.0520. The summed E-state index contributed by atoms with van der Waals surface area (Å²) in [6.07, 6.45) is 2.69. The van der Waals surface area contributed by atoms with Crippen LogP contribution in [0.4, 0.5) is 0 Å². The molecule has 0 bridgehead atoms. The third-order valence-corrected chi connectivity index (χ3v) is 4.84. The first-order valence-corrected chi connectivity index (χ1v) is 8.07. The van der Waals surface area contributed by atoms with E-state index in [4.69, 9.17) is 5.11 Å². The Bertz CT molecular complexity index is 712. The van der Waals surface area contributed by atoms with Crippen molar-refractivity contribution in [1.82, 2.24) is 14.8 Å². The van der Waals surface area contributed by atoms with Crippen molar-refractivity contribution in [2.75, 3.05) is 0 Å². The first kappa shape index (κ1) is 15.6. The van der Waals surface area contributed by atoms with Crippen LogP contribution in [-0.2, 0) is 10.5 Å². The van der Waals surface area contributed by atoms with Gasteiger partial charge in [0, 0.05) is 27.6 Å². The molecular formula is C13H15N3O3S2. The zero-order chi connectivity index (χ0) is 15.4. The predicted molar refractivity (Wildman–Crippen MR) is 83.8 cm³/mol. The zero-order valence-electron chi connectivity index (χ0n) is 11.6. The average Bonchev–Trinajstić information content (AvgIpc) is 3.00. The van der Waals surface area contributed by atoms with Gasteiger partial charge < -0.3 is 5.11 Å². The van der Waals surface area contributed by atoms with Gasteiger partial charge in [-0.3, -0.25) is 4.57 Å². The number of carbonyl (C=O) groups is 1. The number of aliphatic carboxylic acids is 1. The van der Waals surface area contributed by atoms with Crippen LogP contribution in [0.15, 0.2) is 28.2 Å². The van der Waals surface area contributed by atoms with E-state index in [2.05, 4.69) is 10.2 Å². The van der Waals surface area contributed by atoms with Crippen molar-refractivity contribution in [3.63, 3.8) is 0 Å². The number of H-pyrrole nitrogens is 1. The molecule has 8 heteroatoms. The number of aromatic amines is 1. The van der Waals surface area contributed by atoms with Crippen molar-refractivity contribution in [2.24, 2.45) is 0 Å². The normalized spacial score (nSPS) is 11.6. The average molecular weight is 325 g/mol. The lowest BCUT2D eigenvalue weighted by Crippen LogP contribution is -2.19. The van der Waals surface area contributed by atoms with Crippen LogP contribution in [0.1, 0.15) is 29.6 Å². The summed E-state index contributed by atoms with van der Waals surface area (Å²) in [6.45, 7) is 3.86. The van der Waals surface area contributed by atoms with E-state index in [1.807, 2.05) is 26.0 Å². The van der Waals surface area contributed by atoms with Crippen LogP contribution in [0, 0.1) is 0 Å². The molecule has 2 aromatic rings. The summed E-state index contributed by atoms with van der Waals surface area (Å²) in [4.78, 5) is 24.1. The number of hydrogen-bond donors (Lipinski definition) is 2. The molecule has 0 aliphatic heterocycles. The molecule has 0 atom stereocenters.